The molecule has 0 unspecified atom stereocenters. The maximum atomic E-state index is 2.41. The molecule has 48 heavy (non-hydrogen) atoms. The van der Waals surface area contributed by atoms with Crippen LogP contribution in [0.1, 0.15) is 65.3 Å². The second-order valence-electron chi connectivity index (χ2n) is 14.8. The maximum absolute atomic E-state index is 2.41. The molecule has 0 saturated carbocycles. The summed E-state index contributed by atoms with van der Waals surface area (Å²) in [6, 6.07) is 46.5. The van der Waals surface area contributed by atoms with E-state index in [2.05, 4.69) is 198 Å². The summed E-state index contributed by atoms with van der Waals surface area (Å²) >= 11 is 0. The number of aromatic nitrogens is 1. The van der Waals surface area contributed by atoms with Gasteiger partial charge >= 0.3 is 0 Å². The van der Waals surface area contributed by atoms with Gasteiger partial charge in [-0.05, 0) is 89.2 Å². The molecule has 0 bridgehead atoms. The molecule has 1 aliphatic rings. The number of allylic oxidation sites excluding steroid dienone is 4. The van der Waals surface area contributed by atoms with E-state index in [0.29, 0.717) is 0 Å². The minimum Gasteiger partial charge on any atom is -0.347 e. The minimum absolute atomic E-state index is 0.00905. The lowest BCUT2D eigenvalue weighted by Crippen LogP contribution is -2.19. The van der Waals surface area contributed by atoms with Crippen molar-refractivity contribution >= 4 is 27.9 Å². The molecule has 1 aromatic heterocycles. The highest BCUT2D eigenvalue weighted by Crippen LogP contribution is 2.48. The van der Waals surface area contributed by atoms with E-state index in [0.717, 1.165) is 11.4 Å². The fourth-order valence-electron chi connectivity index (χ4n) is 8.01. The zero-order chi connectivity index (χ0) is 33.8. The van der Waals surface area contributed by atoms with Gasteiger partial charge in [-0.3, -0.25) is 0 Å². The van der Waals surface area contributed by atoms with Crippen LogP contribution in [-0.4, -0.2) is 4.57 Å². The van der Waals surface area contributed by atoms with Crippen molar-refractivity contribution in [2.75, 3.05) is 4.90 Å². The molecule has 6 aromatic rings. The average Bonchev–Trinajstić information content (AvgIpc) is 3.50. The Morgan fingerprint density at radius 3 is 1.83 bits per heavy atom. The number of para-hydroxylation sites is 1. The van der Waals surface area contributed by atoms with Gasteiger partial charge in [-0.2, -0.15) is 0 Å². The lowest BCUT2D eigenvalue weighted by atomic mass is 9.81. The molecule has 0 spiro atoms. The summed E-state index contributed by atoms with van der Waals surface area (Å²) in [6.07, 6.45) is 2.41. The van der Waals surface area contributed by atoms with Crippen LogP contribution in [-0.2, 0) is 17.9 Å². The Morgan fingerprint density at radius 2 is 1.21 bits per heavy atom. The number of fused-ring (bicyclic) bond motifs is 2. The molecular formula is C46H46N2. The second kappa shape index (κ2) is 11.9. The number of hydrogen-bond donors (Lipinski definition) is 0. The highest BCUT2D eigenvalue weighted by Gasteiger charge is 2.35. The molecule has 240 valence electrons. The summed E-state index contributed by atoms with van der Waals surface area (Å²) in [4.78, 5) is 2.41. The molecule has 2 heteroatoms. The van der Waals surface area contributed by atoms with Crippen molar-refractivity contribution in [2.45, 2.75) is 59.3 Å². The molecule has 2 nitrogen and oxygen atoms in total. The van der Waals surface area contributed by atoms with Crippen LogP contribution >= 0.6 is 0 Å². The van der Waals surface area contributed by atoms with Crippen molar-refractivity contribution < 1.29 is 0 Å². The number of benzene rings is 5. The van der Waals surface area contributed by atoms with Crippen molar-refractivity contribution in [3.63, 3.8) is 0 Å². The van der Waals surface area contributed by atoms with Crippen molar-refractivity contribution in [2.24, 2.45) is 7.05 Å². The third kappa shape index (κ3) is 5.30. The average molecular weight is 627 g/mol. The normalized spacial score (nSPS) is 14.5. The third-order valence-corrected chi connectivity index (χ3v) is 10.3. The van der Waals surface area contributed by atoms with Gasteiger partial charge in [0.2, 0.25) is 0 Å². The Morgan fingerprint density at radius 1 is 0.667 bits per heavy atom. The Hall–Kier alpha value is -5.08. The molecule has 7 rings (SSSR count). The molecule has 0 saturated heterocycles. The van der Waals surface area contributed by atoms with E-state index in [9.17, 15) is 0 Å². The van der Waals surface area contributed by atoms with Gasteiger partial charge in [-0.1, -0.05) is 132 Å². The summed E-state index contributed by atoms with van der Waals surface area (Å²) < 4.78 is 2.38. The SMILES string of the molecule is CC1=C(/C=C(\C)N(c2ccc(-c3ccccc3)cc2)c2ccc(-c3c(C(C)(C)C)n(C)c4ccccc34)cc2)C(C)(C)c2ccccc21. The second-order valence-corrected chi connectivity index (χ2v) is 14.8. The molecule has 0 fully saturated rings. The first-order valence-electron chi connectivity index (χ1n) is 17.1. The predicted octanol–water partition coefficient (Wildman–Crippen LogP) is 12.6. The van der Waals surface area contributed by atoms with Gasteiger partial charge in [-0.15, -0.1) is 0 Å². The first kappa shape index (κ1) is 31.5. The number of anilines is 2. The van der Waals surface area contributed by atoms with Crippen molar-refractivity contribution in [1.29, 1.82) is 0 Å². The summed E-state index contributed by atoms with van der Waals surface area (Å²) in [6.45, 7) is 16.2. The molecule has 0 aliphatic heterocycles. The van der Waals surface area contributed by atoms with Crippen LogP contribution in [0, 0.1) is 0 Å². The first-order valence-corrected chi connectivity index (χ1v) is 17.1. The molecular weight excluding hydrogens is 581 g/mol. The smallest absolute Gasteiger partial charge is 0.0486 e. The largest absolute Gasteiger partial charge is 0.347 e. The summed E-state index contributed by atoms with van der Waals surface area (Å²) in [5.74, 6) is 0. The van der Waals surface area contributed by atoms with E-state index < -0.39 is 0 Å². The zero-order valence-corrected chi connectivity index (χ0v) is 29.6. The molecule has 1 aliphatic carbocycles. The zero-order valence-electron chi connectivity index (χ0n) is 29.6. The van der Waals surface area contributed by atoms with Crippen LogP contribution in [0.15, 0.2) is 145 Å². The lowest BCUT2D eigenvalue weighted by molar-refractivity contribution is 0.549. The topological polar surface area (TPSA) is 8.17 Å². The van der Waals surface area contributed by atoms with Crippen molar-refractivity contribution in [1.82, 2.24) is 4.57 Å². The number of rotatable bonds is 6. The lowest BCUT2D eigenvalue weighted by Gasteiger charge is -2.29. The first-order chi connectivity index (χ1) is 23.0. The minimum atomic E-state index is -0.0770. The molecule has 0 radical (unpaired) electrons. The van der Waals surface area contributed by atoms with E-state index in [1.54, 1.807) is 0 Å². The van der Waals surface area contributed by atoms with Gasteiger partial charge < -0.3 is 9.47 Å². The Balaban J connectivity index is 1.35. The highest BCUT2D eigenvalue weighted by atomic mass is 15.1. The molecule has 0 amide bonds. The maximum Gasteiger partial charge on any atom is 0.0486 e. The quantitative estimate of drug-likeness (QED) is 0.179. The number of hydrogen-bond acceptors (Lipinski definition) is 1. The van der Waals surface area contributed by atoms with Crippen molar-refractivity contribution in [3.8, 4) is 22.3 Å². The summed E-state index contributed by atoms with van der Waals surface area (Å²) in [7, 11) is 2.20. The summed E-state index contributed by atoms with van der Waals surface area (Å²) in [5.41, 5.74) is 16.5. The van der Waals surface area contributed by atoms with Crippen molar-refractivity contribution in [3.05, 3.63) is 162 Å². The van der Waals surface area contributed by atoms with E-state index in [1.165, 1.54) is 66.8 Å². The molecule has 0 atom stereocenters. The third-order valence-electron chi connectivity index (χ3n) is 10.3. The van der Waals surface area contributed by atoms with Gasteiger partial charge in [0.25, 0.3) is 0 Å². The highest BCUT2D eigenvalue weighted by molar-refractivity contribution is 5.99. The van der Waals surface area contributed by atoms with E-state index in [4.69, 9.17) is 0 Å². The van der Waals surface area contributed by atoms with Gasteiger partial charge in [0.1, 0.15) is 0 Å². The van der Waals surface area contributed by atoms with Gasteiger partial charge in [0.05, 0.1) is 0 Å². The van der Waals surface area contributed by atoms with E-state index in [1.807, 2.05) is 0 Å². The summed E-state index contributed by atoms with van der Waals surface area (Å²) in [5, 5.41) is 1.30. The van der Waals surface area contributed by atoms with Gasteiger partial charge in [0, 0.05) is 57.1 Å². The van der Waals surface area contributed by atoms with Crippen LogP contribution in [0.25, 0.3) is 38.7 Å². The standard InChI is InChI=1S/C46H46N2/c1-31(30-41-32(2)38-18-12-14-20-40(38)46(41,6)7)48(36-26-22-34(23-27-36)33-16-10-9-11-17-33)37-28-24-35(25-29-37)43-39-19-13-15-21-42(39)47(8)44(43)45(3,4)5/h9-30H,1-8H3/b31-30+. The Labute approximate surface area is 286 Å². The monoisotopic (exact) mass is 626 g/mol. The van der Waals surface area contributed by atoms with Crippen LogP contribution in [0.5, 0.6) is 0 Å². The van der Waals surface area contributed by atoms with Crippen LogP contribution in [0.2, 0.25) is 0 Å². The van der Waals surface area contributed by atoms with Crippen LogP contribution in [0.4, 0.5) is 11.4 Å². The van der Waals surface area contributed by atoms with Gasteiger partial charge in [-0.25, -0.2) is 0 Å². The molecule has 5 aromatic carbocycles. The Bertz CT molecular complexity index is 2180. The van der Waals surface area contributed by atoms with Gasteiger partial charge in [0.15, 0.2) is 0 Å². The number of nitrogens with zero attached hydrogens (tertiary/aromatic N) is 2. The molecule has 0 N–H and O–H groups in total. The Kier molecular flexibility index (Phi) is 7.79. The van der Waals surface area contributed by atoms with Crippen LogP contribution < -0.4 is 4.90 Å². The van der Waals surface area contributed by atoms with E-state index >= 15 is 0 Å². The predicted molar refractivity (Wildman–Crippen MR) is 207 cm³/mol. The number of aryl methyl sites for hydroxylation is 1. The van der Waals surface area contributed by atoms with Crippen LogP contribution in [0.3, 0.4) is 0 Å². The van der Waals surface area contributed by atoms with E-state index in [-0.39, 0.29) is 10.8 Å². The fraction of sp³-hybridized carbons (Fsp3) is 0.217. The fourth-order valence-corrected chi connectivity index (χ4v) is 8.01. The molecule has 1 heterocycles.